The van der Waals surface area contributed by atoms with E-state index in [1.807, 2.05) is 18.2 Å². The molecule has 1 fully saturated rings. The van der Waals surface area contributed by atoms with E-state index in [9.17, 15) is 0 Å². The second-order valence-electron chi connectivity index (χ2n) is 4.99. The molecule has 3 unspecified atom stereocenters. The highest BCUT2D eigenvalue weighted by atomic mass is 35.5. The highest BCUT2D eigenvalue weighted by molar-refractivity contribution is 6.31. The Morgan fingerprint density at radius 3 is 2.80 bits per heavy atom. The maximum absolute atomic E-state index is 6.10. The van der Waals surface area contributed by atoms with Crippen LogP contribution < -0.4 is 10.5 Å². The highest BCUT2D eigenvalue weighted by Gasteiger charge is 2.41. The Balaban J connectivity index is 1.92. The average Bonchev–Trinajstić information content (AvgIpc) is 2.45. The van der Waals surface area contributed by atoms with Crippen LogP contribution in [0.4, 0.5) is 0 Å². The molecule has 0 aliphatic heterocycles. The van der Waals surface area contributed by atoms with Gasteiger partial charge in [0.2, 0.25) is 0 Å². The Morgan fingerprint density at radius 1 is 1.35 bits per heavy atom. The van der Waals surface area contributed by atoms with Crippen LogP contribution in [0.15, 0.2) is 18.2 Å². The summed E-state index contributed by atoms with van der Waals surface area (Å²) >= 11 is 6.10. The third-order valence-electron chi connectivity index (χ3n) is 3.58. The Labute approximate surface area is 125 Å². The number of rotatable bonds is 7. The van der Waals surface area contributed by atoms with Crippen LogP contribution in [0.5, 0.6) is 5.75 Å². The molecule has 1 aliphatic rings. The number of halogens is 1. The van der Waals surface area contributed by atoms with E-state index in [1.165, 1.54) is 0 Å². The van der Waals surface area contributed by atoms with Crippen LogP contribution in [0.1, 0.15) is 18.9 Å². The fraction of sp³-hybridized carbons (Fsp3) is 0.600. The van der Waals surface area contributed by atoms with Crippen molar-refractivity contribution in [3.05, 3.63) is 28.8 Å². The molecule has 0 heterocycles. The molecule has 4 nitrogen and oxygen atoms in total. The van der Waals surface area contributed by atoms with Crippen LogP contribution in [0.25, 0.3) is 0 Å². The fourth-order valence-corrected chi connectivity index (χ4v) is 2.55. The Bertz CT molecular complexity index is 441. The molecule has 0 bridgehead atoms. The summed E-state index contributed by atoms with van der Waals surface area (Å²) in [7, 11) is 1.65. The van der Waals surface area contributed by atoms with Gasteiger partial charge >= 0.3 is 0 Å². The molecule has 0 amide bonds. The molecule has 1 aliphatic carbocycles. The van der Waals surface area contributed by atoms with Crippen molar-refractivity contribution in [1.82, 2.24) is 0 Å². The summed E-state index contributed by atoms with van der Waals surface area (Å²) < 4.78 is 16.6. The third kappa shape index (κ3) is 3.64. The number of nitrogens with two attached hydrogens (primary N) is 1. The van der Waals surface area contributed by atoms with Crippen molar-refractivity contribution in [1.29, 1.82) is 0 Å². The van der Waals surface area contributed by atoms with Crippen LogP contribution >= 0.6 is 11.6 Å². The number of ether oxygens (including phenoxy) is 3. The molecule has 0 saturated heterocycles. The molecule has 5 heteroatoms. The second kappa shape index (κ2) is 7.27. The van der Waals surface area contributed by atoms with E-state index < -0.39 is 0 Å². The summed E-state index contributed by atoms with van der Waals surface area (Å²) in [5.74, 6) is 0.823. The van der Waals surface area contributed by atoms with Gasteiger partial charge in [0, 0.05) is 24.6 Å². The number of methoxy groups -OCH3 is 1. The van der Waals surface area contributed by atoms with Crippen LogP contribution in [0.3, 0.4) is 0 Å². The summed E-state index contributed by atoms with van der Waals surface area (Å²) in [6, 6.07) is 5.78. The topological polar surface area (TPSA) is 53.7 Å². The minimum Gasteiger partial charge on any atom is -0.488 e. The SMILES string of the molecule is CCc1cc(OC2CC(N)C2OCCOC)ccc1Cl. The van der Waals surface area contributed by atoms with Crippen LogP contribution in [-0.4, -0.2) is 38.6 Å². The monoisotopic (exact) mass is 299 g/mol. The predicted octanol–water partition coefficient (Wildman–Crippen LogP) is 2.41. The molecule has 2 rings (SSSR count). The lowest BCUT2D eigenvalue weighted by molar-refractivity contribution is -0.107. The molecule has 1 aromatic rings. The second-order valence-corrected chi connectivity index (χ2v) is 5.40. The van der Waals surface area contributed by atoms with Crippen molar-refractivity contribution in [2.24, 2.45) is 5.73 Å². The molecule has 0 aromatic heterocycles. The Hall–Kier alpha value is -0.810. The van der Waals surface area contributed by atoms with Gasteiger partial charge in [-0.1, -0.05) is 18.5 Å². The summed E-state index contributed by atoms with van der Waals surface area (Å²) in [6.45, 7) is 3.17. The molecule has 2 N–H and O–H groups in total. The zero-order valence-corrected chi connectivity index (χ0v) is 12.7. The molecular weight excluding hydrogens is 278 g/mol. The summed E-state index contributed by atoms with van der Waals surface area (Å²) in [5, 5.41) is 0.776. The maximum atomic E-state index is 6.10. The van der Waals surface area contributed by atoms with E-state index in [1.54, 1.807) is 7.11 Å². The smallest absolute Gasteiger partial charge is 0.128 e. The molecule has 0 spiro atoms. The summed E-state index contributed by atoms with van der Waals surface area (Å²) in [6.07, 6.45) is 1.63. The first-order chi connectivity index (χ1) is 9.65. The van der Waals surface area contributed by atoms with E-state index in [4.69, 9.17) is 31.5 Å². The van der Waals surface area contributed by atoms with E-state index in [-0.39, 0.29) is 18.2 Å². The van der Waals surface area contributed by atoms with Crippen LogP contribution in [0.2, 0.25) is 5.02 Å². The van der Waals surface area contributed by atoms with E-state index in [2.05, 4.69) is 6.92 Å². The molecule has 1 saturated carbocycles. The van der Waals surface area contributed by atoms with Gasteiger partial charge in [0.25, 0.3) is 0 Å². The number of hydrogen-bond acceptors (Lipinski definition) is 4. The fourth-order valence-electron chi connectivity index (χ4n) is 2.30. The third-order valence-corrected chi connectivity index (χ3v) is 3.94. The average molecular weight is 300 g/mol. The van der Waals surface area contributed by atoms with Gasteiger partial charge in [-0.15, -0.1) is 0 Å². The van der Waals surface area contributed by atoms with Crippen molar-refractivity contribution in [3.63, 3.8) is 0 Å². The molecule has 1 aromatic carbocycles. The summed E-state index contributed by atoms with van der Waals surface area (Å²) in [5.41, 5.74) is 7.05. The van der Waals surface area contributed by atoms with Gasteiger partial charge in [-0.2, -0.15) is 0 Å². The van der Waals surface area contributed by atoms with Crippen molar-refractivity contribution >= 4 is 11.6 Å². The van der Waals surface area contributed by atoms with Crippen LogP contribution in [-0.2, 0) is 15.9 Å². The van der Waals surface area contributed by atoms with Gasteiger partial charge in [0.1, 0.15) is 18.0 Å². The Morgan fingerprint density at radius 2 is 2.15 bits per heavy atom. The minimum atomic E-state index is -0.0640. The van der Waals surface area contributed by atoms with Crippen molar-refractivity contribution in [3.8, 4) is 5.75 Å². The van der Waals surface area contributed by atoms with E-state index in [0.29, 0.717) is 13.2 Å². The van der Waals surface area contributed by atoms with Gasteiger partial charge in [-0.3, -0.25) is 0 Å². The number of aryl methyl sites for hydroxylation is 1. The highest BCUT2D eigenvalue weighted by Crippen LogP contribution is 2.30. The van der Waals surface area contributed by atoms with Crippen molar-refractivity contribution in [2.75, 3.05) is 20.3 Å². The first kappa shape index (κ1) is 15.6. The molecule has 3 atom stereocenters. The van der Waals surface area contributed by atoms with Crippen LogP contribution in [0, 0.1) is 0 Å². The quantitative estimate of drug-likeness (QED) is 0.786. The molecule has 112 valence electrons. The first-order valence-electron chi connectivity index (χ1n) is 6.97. The summed E-state index contributed by atoms with van der Waals surface area (Å²) in [4.78, 5) is 0. The van der Waals surface area contributed by atoms with E-state index in [0.717, 1.165) is 29.2 Å². The zero-order valence-electron chi connectivity index (χ0n) is 12.0. The van der Waals surface area contributed by atoms with Gasteiger partial charge in [-0.25, -0.2) is 0 Å². The maximum Gasteiger partial charge on any atom is 0.128 e. The lowest BCUT2D eigenvalue weighted by atomic mass is 9.86. The zero-order chi connectivity index (χ0) is 14.5. The largest absolute Gasteiger partial charge is 0.488 e. The van der Waals surface area contributed by atoms with Gasteiger partial charge in [0.15, 0.2) is 0 Å². The number of benzene rings is 1. The standard InChI is InChI=1S/C15H22ClNO3/c1-3-10-8-11(4-5-12(10)16)20-14-9-13(17)15(14)19-7-6-18-2/h4-5,8,13-15H,3,6-7,9,17H2,1-2H3. The predicted molar refractivity (Wildman–Crippen MR) is 79.5 cm³/mol. The lowest BCUT2D eigenvalue weighted by Gasteiger charge is -2.41. The Kier molecular flexibility index (Phi) is 5.66. The first-order valence-corrected chi connectivity index (χ1v) is 7.34. The van der Waals surface area contributed by atoms with Gasteiger partial charge in [0.05, 0.1) is 13.2 Å². The lowest BCUT2D eigenvalue weighted by Crippen LogP contribution is -2.59. The van der Waals surface area contributed by atoms with Crippen molar-refractivity contribution in [2.45, 2.75) is 38.0 Å². The van der Waals surface area contributed by atoms with Gasteiger partial charge < -0.3 is 19.9 Å². The van der Waals surface area contributed by atoms with Crippen molar-refractivity contribution < 1.29 is 14.2 Å². The normalized spacial score (nSPS) is 25.3. The molecular formula is C15H22ClNO3. The van der Waals surface area contributed by atoms with E-state index >= 15 is 0 Å². The van der Waals surface area contributed by atoms with Gasteiger partial charge in [-0.05, 0) is 30.2 Å². The number of hydrogen-bond donors (Lipinski definition) is 1. The molecule has 20 heavy (non-hydrogen) atoms. The molecule has 0 radical (unpaired) electrons. The minimum absolute atomic E-state index is 0.00716.